The number of halogens is 1. The van der Waals surface area contributed by atoms with Gasteiger partial charge in [0.15, 0.2) is 0 Å². The molecule has 0 aliphatic rings. The molecule has 18 heavy (non-hydrogen) atoms. The zero-order chi connectivity index (χ0) is 13.0. The van der Waals surface area contributed by atoms with Crippen LogP contribution in [0.1, 0.15) is 18.6 Å². The zero-order valence-corrected chi connectivity index (χ0v) is 10.2. The Balaban J connectivity index is 2.22. The van der Waals surface area contributed by atoms with Crippen LogP contribution in [-0.2, 0) is 0 Å². The van der Waals surface area contributed by atoms with Crippen LogP contribution in [0.3, 0.4) is 0 Å². The molecule has 0 bridgehead atoms. The third kappa shape index (κ3) is 3.08. The highest BCUT2D eigenvalue weighted by molar-refractivity contribution is 5.26. The van der Waals surface area contributed by atoms with E-state index in [1.54, 1.807) is 12.1 Å². The van der Waals surface area contributed by atoms with Gasteiger partial charge in [0.2, 0.25) is 0 Å². The summed E-state index contributed by atoms with van der Waals surface area (Å²) >= 11 is 0. The number of nitrogens with two attached hydrogens (primary N) is 1. The van der Waals surface area contributed by atoms with Crippen molar-refractivity contribution >= 4 is 0 Å². The van der Waals surface area contributed by atoms with E-state index in [0.717, 1.165) is 5.56 Å². The van der Waals surface area contributed by atoms with Gasteiger partial charge in [0.05, 0.1) is 0 Å². The first-order valence-electron chi connectivity index (χ1n) is 5.89. The summed E-state index contributed by atoms with van der Waals surface area (Å²) in [5, 5.41) is 0. The van der Waals surface area contributed by atoms with Crippen molar-refractivity contribution < 1.29 is 9.13 Å². The molecule has 2 N–H and O–H groups in total. The zero-order valence-electron chi connectivity index (χ0n) is 10.2. The third-order valence-corrected chi connectivity index (χ3v) is 2.66. The molecule has 2 nitrogen and oxygen atoms in total. The van der Waals surface area contributed by atoms with E-state index in [1.165, 1.54) is 12.1 Å². The summed E-state index contributed by atoms with van der Waals surface area (Å²) in [5.74, 6) is 0.171. The van der Waals surface area contributed by atoms with Crippen molar-refractivity contribution in [2.45, 2.75) is 19.1 Å². The first-order chi connectivity index (χ1) is 8.66. The van der Waals surface area contributed by atoms with Crippen LogP contribution in [-0.4, -0.2) is 6.04 Å². The van der Waals surface area contributed by atoms with E-state index in [1.807, 2.05) is 37.3 Å². The van der Waals surface area contributed by atoms with Crippen LogP contribution in [0.15, 0.2) is 54.6 Å². The molecule has 0 fully saturated rings. The van der Waals surface area contributed by atoms with E-state index in [4.69, 9.17) is 10.5 Å². The van der Waals surface area contributed by atoms with E-state index in [0.29, 0.717) is 5.75 Å². The molecule has 0 saturated heterocycles. The van der Waals surface area contributed by atoms with E-state index in [-0.39, 0.29) is 18.0 Å². The van der Waals surface area contributed by atoms with E-state index in [9.17, 15) is 4.39 Å². The van der Waals surface area contributed by atoms with Gasteiger partial charge in [0, 0.05) is 12.1 Å². The van der Waals surface area contributed by atoms with Crippen LogP contribution in [0.25, 0.3) is 0 Å². The molecule has 94 valence electrons. The highest BCUT2D eigenvalue weighted by Crippen LogP contribution is 2.24. The predicted molar refractivity (Wildman–Crippen MR) is 69.9 cm³/mol. The van der Waals surface area contributed by atoms with Crippen molar-refractivity contribution in [1.29, 1.82) is 0 Å². The summed E-state index contributed by atoms with van der Waals surface area (Å²) in [6.45, 7) is 1.87. The average Bonchev–Trinajstić information content (AvgIpc) is 2.37. The fourth-order valence-corrected chi connectivity index (χ4v) is 1.81. The first kappa shape index (κ1) is 12.6. The lowest BCUT2D eigenvalue weighted by Gasteiger charge is -2.23. The maximum Gasteiger partial charge on any atom is 0.138 e. The normalized spacial score (nSPS) is 13.9. The van der Waals surface area contributed by atoms with Crippen LogP contribution >= 0.6 is 0 Å². The van der Waals surface area contributed by atoms with Crippen molar-refractivity contribution in [3.05, 3.63) is 66.0 Å². The Morgan fingerprint density at radius 1 is 1.06 bits per heavy atom. The fraction of sp³-hybridized carbons (Fsp3) is 0.200. The summed E-state index contributed by atoms with van der Waals surface area (Å²) in [5.41, 5.74) is 6.92. The Kier molecular flexibility index (Phi) is 3.95. The average molecular weight is 245 g/mol. The molecular formula is C15H16FNO. The third-order valence-electron chi connectivity index (χ3n) is 2.66. The Bertz CT molecular complexity index is 499. The summed E-state index contributed by atoms with van der Waals surface area (Å²) < 4.78 is 18.9. The van der Waals surface area contributed by atoms with Gasteiger partial charge in [-0.2, -0.15) is 0 Å². The Morgan fingerprint density at radius 3 is 2.39 bits per heavy atom. The van der Waals surface area contributed by atoms with Gasteiger partial charge in [-0.1, -0.05) is 36.4 Å². The van der Waals surface area contributed by atoms with Gasteiger partial charge >= 0.3 is 0 Å². The highest BCUT2D eigenvalue weighted by Gasteiger charge is 2.17. The Labute approximate surface area is 106 Å². The minimum Gasteiger partial charge on any atom is -0.484 e. The van der Waals surface area contributed by atoms with Gasteiger partial charge in [0.1, 0.15) is 17.7 Å². The lowest BCUT2D eigenvalue weighted by atomic mass is 10.0. The van der Waals surface area contributed by atoms with Crippen molar-refractivity contribution in [2.24, 2.45) is 5.73 Å². The SMILES string of the molecule is CC(N)C(Oc1cccc(F)c1)c1ccccc1. The molecule has 2 aromatic carbocycles. The molecule has 0 spiro atoms. The molecule has 0 saturated carbocycles. The predicted octanol–water partition coefficient (Wildman–Crippen LogP) is 3.29. The molecule has 2 rings (SSSR count). The lowest BCUT2D eigenvalue weighted by molar-refractivity contribution is 0.180. The molecular weight excluding hydrogens is 229 g/mol. The second kappa shape index (κ2) is 5.65. The maximum absolute atomic E-state index is 13.1. The number of hydrogen-bond donors (Lipinski definition) is 1. The van der Waals surface area contributed by atoms with Crippen LogP contribution in [0.5, 0.6) is 5.75 Å². The van der Waals surface area contributed by atoms with Gasteiger partial charge in [-0.15, -0.1) is 0 Å². The van der Waals surface area contributed by atoms with E-state index in [2.05, 4.69) is 0 Å². The van der Waals surface area contributed by atoms with E-state index < -0.39 is 0 Å². The number of hydrogen-bond acceptors (Lipinski definition) is 2. The van der Waals surface area contributed by atoms with Crippen LogP contribution in [0, 0.1) is 5.82 Å². The van der Waals surface area contributed by atoms with Gasteiger partial charge < -0.3 is 10.5 Å². The van der Waals surface area contributed by atoms with Gasteiger partial charge in [-0.3, -0.25) is 0 Å². The smallest absolute Gasteiger partial charge is 0.138 e. The van der Waals surface area contributed by atoms with Crippen molar-refractivity contribution in [3.63, 3.8) is 0 Å². The Morgan fingerprint density at radius 2 is 1.78 bits per heavy atom. The lowest BCUT2D eigenvalue weighted by Crippen LogP contribution is -2.29. The van der Waals surface area contributed by atoms with E-state index >= 15 is 0 Å². The largest absolute Gasteiger partial charge is 0.484 e. The second-order valence-corrected chi connectivity index (χ2v) is 4.27. The molecule has 0 aliphatic heterocycles. The quantitative estimate of drug-likeness (QED) is 0.897. The monoisotopic (exact) mass is 245 g/mol. The summed E-state index contributed by atoms with van der Waals surface area (Å²) in [6.07, 6.45) is -0.284. The van der Waals surface area contributed by atoms with Crippen LogP contribution in [0.2, 0.25) is 0 Å². The molecule has 0 amide bonds. The molecule has 0 heterocycles. The van der Waals surface area contributed by atoms with Gasteiger partial charge in [-0.05, 0) is 24.6 Å². The van der Waals surface area contributed by atoms with Crippen molar-refractivity contribution in [2.75, 3.05) is 0 Å². The number of benzene rings is 2. The summed E-state index contributed by atoms with van der Waals surface area (Å²) in [6, 6.07) is 15.6. The van der Waals surface area contributed by atoms with Crippen molar-refractivity contribution in [1.82, 2.24) is 0 Å². The maximum atomic E-state index is 13.1. The van der Waals surface area contributed by atoms with Crippen molar-refractivity contribution in [3.8, 4) is 5.75 Å². The minimum atomic E-state index is -0.316. The molecule has 2 unspecified atom stereocenters. The van der Waals surface area contributed by atoms with Crippen LogP contribution in [0.4, 0.5) is 4.39 Å². The fourth-order valence-electron chi connectivity index (χ4n) is 1.81. The van der Waals surface area contributed by atoms with Crippen LogP contribution < -0.4 is 10.5 Å². The molecule has 3 heteroatoms. The first-order valence-corrected chi connectivity index (χ1v) is 5.89. The van der Waals surface area contributed by atoms with Gasteiger partial charge in [0.25, 0.3) is 0 Å². The minimum absolute atomic E-state index is 0.185. The highest BCUT2D eigenvalue weighted by atomic mass is 19.1. The topological polar surface area (TPSA) is 35.2 Å². The number of ether oxygens (including phenoxy) is 1. The molecule has 2 aromatic rings. The standard InChI is InChI=1S/C15H16FNO/c1-11(17)15(12-6-3-2-4-7-12)18-14-9-5-8-13(16)10-14/h2-11,15H,17H2,1H3. The molecule has 0 aliphatic carbocycles. The molecule has 2 atom stereocenters. The number of rotatable bonds is 4. The van der Waals surface area contributed by atoms with Gasteiger partial charge in [-0.25, -0.2) is 4.39 Å². The summed E-state index contributed by atoms with van der Waals surface area (Å²) in [4.78, 5) is 0. The molecule has 0 aromatic heterocycles. The molecule has 0 radical (unpaired) electrons. The summed E-state index contributed by atoms with van der Waals surface area (Å²) in [7, 11) is 0. The Hall–Kier alpha value is -1.87. The second-order valence-electron chi connectivity index (χ2n) is 4.27.